The summed E-state index contributed by atoms with van der Waals surface area (Å²) in [5.74, 6) is 0.679. The molecule has 0 bridgehead atoms. The molecule has 0 saturated heterocycles. The van der Waals surface area contributed by atoms with Gasteiger partial charge in [0.2, 0.25) is 0 Å². The normalized spacial score (nSPS) is 22.1. The smallest absolute Gasteiger partial charge is 0.335 e. The largest absolute Gasteiger partial charge is 0.391 e. The first kappa shape index (κ1) is 21.0. The van der Waals surface area contributed by atoms with E-state index in [1.165, 1.54) is 13.4 Å². The highest BCUT2D eigenvalue weighted by Gasteiger charge is 2.40. The number of hydrogen-bond donors (Lipinski definition) is 3. The average molecular weight is 452 g/mol. The summed E-state index contributed by atoms with van der Waals surface area (Å²) in [4.78, 5) is 8.73. The lowest BCUT2D eigenvalue weighted by Gasteiger charge is -2.23. The second-order valence-corrected chi connectivity index (χ2v) is 9.32. The van der Waals surface area contributed by atoms with Gasteiger partial charge >= 0.3 is 10.3 Å². The maximum Gasteiger partial charge on any atom is 0.335 e. The zero-order chi connectivity index (χ0) is 21.5. The van der Waals surface area contributed by atoms with Crippen molar-refractivity contribution in [3.63, 3.8) is 0 Å². The molecule has 3 N–H and O–H groups in total. The highest BCUT2D eigenvalue weighted by atomic mass is 35.5. The van der Waals surface area contributed by atoms with Gasteiger partial charge in [0.1, 0.15) is 17.8 Å². The van der Waals surface area contributed by atoms with Crippen LogP contribution in [0.5, 0.6) is 0 Å². The van der Waals surface area contributed by atoms with Crippen LogP contribution in [-0.2, 0) is 16.8 Å². The van der Waals surface area contributed by atoms with Crippen molar-refractivity contribution in [2.24, 2.45) is 0 Å². The fourth-order valence-corrected chi connectivity index (χ4v) is 4.65. The molecule has 11 heteroatoms. The minimum atomic E-state index is -4.38. The van der Waals surface area contributed by atoms with E-state index in [4.69, 9.17) is 11.6 Å². The molecule has 0 unspecified atom stereocenters. The average Bonchev–Trinajstić information content (AvgIpc) is 3.30. The minimum Gasteiger partial charge on any atom is -0.391 e. The van der Waals surface area contributed by atoms with Gasteiger partial charge in [0, 0.05) is 30.9 Å². The number of benzene rings is 1. The molecule has 1 aliphatic carbocycles. The summed E-state index contributed by atoms with van der Waals surface area (Å²) in [5.41, 5.74) is 1.75. The van der Waals surface area contributed by atoms with E-state index in [1.54, 1.807) is 0 Å². The van der Waals surface area contributed by atoms with Gasteiger partial charge < -0.3 is 15.0 Å². The molecule has 2 heterocycles. The number of anilines is 1. The first-order valence-electron chi connectivity index (χ1n) is 9.42. The Balaban J connectivity index is 1.55. The molecule has 0 spiro atoms. The molecular weight excluding hydrogens is 430 g/mol. The Morgan fingerprint density at radius 2 is 1.97 bits per heavy atom. The molecule has 9 nitrogen and oxygen atoms in total. The lowest BCUT2D eigenvalue weighted by molar-refractivity contribution is 0.117. The van der Waals surface area contributed by atoms with E-state index < -0.39 is 22.4 Å². The quantitative estimate of drug-likeness (QED) is 0.492. The van der Waals surface area contributed by atoms with Crippen molar-refractivity contribution < 1.29 is 18.1 Å². The van der Waals surface area contributed by atoms with Crippen LogP contribution in [0.25, 0.3) is 11.0 Å². The lowest BCUT2D eigenvalue weighted by Crippen LogP contribution is -2.41. The van der Waals surface area contributed by atoms with E-state index in [9.17, 15) is 18.1 Å². The highest BCUT2D eigenvalue weighted by molar-refractivity contribution is 7.83. The Morgan fingerprint density at radius 1 is 1.23 bits per heavy atom. The second-order valence-electron chi connectivity index (χ2n) is 7.42. The van der Waals surface area contributed by atoms with Gasteiger partial charge in [-0.1, -0.05) is 23.7 Å². The predicted molar refractivity (Wildman–Crippen MR) is 114 cm³/mol. The summed E-state index contributed by atoms with van der Waals surface area (Å²) < 4.78 is 34.9. The van der Waals surface area contributed by atoms with E-state index >= 15 is 0 Å². The van der Waals surface area contributed by atoms with Crippen LogP contribution in [0.15, 0.2) is 42.9 Å². The molecule has 3 atom stereocenters. The molecule has 2 aromatic heterocycles. The number of rotatable bonds is 6. The summed E-state index contributed by atoms with van der Waals surface area (Å²) in [6, 6.07) is 8.56. The monoisotopic (exact) mass is 451 g/mol. The third-order valence-corrected chi connectivity index (χ3v) is 6.83. The van der Waals surface area contributed by atoms with Gasteiger partial charge in [0.25, 0.3) is 0 Å². The molecule has 4 rings (SSSR count). The molecule has 160 valence electrons. The Hall–Kier alpha value is -2.24. The standard InChI is InChI=1S/C19H22ClN5O4S/c1-24(30(27,28)29)16-8-14(9-17(16)26)25-7-6-15-18(22-11-23-19(15)25)21-10-12-2-4-13(20)5-3-12/h2-7,11,14,16-17,26H,8-10H2,1H3,(H,21,22,23)(H,27,28,29)/t14-,16+,17+/m1/s1. The van der Waals surface area contributed by atoms with E-state index in [0.29, 0.717) is 35.9 Å². The van der Waals surface area contributed by atoms with Crippen molar-refractivity contribution in [1.29, 1.82) is 0 Å². The molecule has 1 fully saturated rings. The fourth-order valence-electron chi connectivity index (χ4n) is 3.95. The Labute approximate surface area is 179 Å². The molecule has 0 amide bonds. The number of hydrogen-bond acceptors (Lipinski definition) is 6. The number of aromatic nitrogens is 3. The van der Waals surface area contributed by atoms with Crippen LogP contribution < -0.4 is 5.32 Å². The maximum absolute atomic E-state index is 11.4. The van der Waals surface area contributed by atoms with Crippen molar-refractivity contribution in [3.05, 3.63) is 53.4 Å². The summed E-state index contributed by atoms with van der Waals surface area (Å²) in [5, 5.41) is 15.2. The molecule has 1 aliphatic rings. The van der Waals surface area contributed by atoms with Gasteiger partial charge in [0.15, 0.2) is 0 Å². The minimum absolute atomic E-state index is 0.161. The molecule has 30 heavy (non-hydrogen) atoms. The summed E-state index contributed by atoms with van der Waals surface area (Å²) in [7, 11) is -3.11. The topological polar surface area (TPSA) is 121 Å². The van der Waals surface area contributed by atoms with Crippen LogP contribution in [0.3, 0.4) is 0 Å². The zero-order valence-electron chi connectivity index (χ0n) is 16.2. The number of aliphatic hydroxyl groups excluding tert-OH is 1. The Bertz CT molecular complexity index is 1150. The maximum atomic E-state index is 11.4. The first-order chi connectivity index (χ1) is 14.2. The van der Waals surface area contributed by atoms with Gasteiger partial charge in [-0.2, -0.15) is 12.7 Å². The van der Waals surface area contributed by atoms with Crippen molar-refractivity contribution in [2.75, 3.05) is 12.4 Å². The van der Waals surface area contributed by atoms with Crippen LogP contribution in [-0.4, -0.2) is 56.1 Å². The summed E-state index contributed by atoms with van der Waals surface area (Å²) >= 11 is 5.92. The molecule has 1 aromatic carbocycles. The predicted octanol–water partition coefficient (Wildman–Crippen LogP) is 2.50. The SMILES string of the molecule is CN([C@H]1C[C@@H](n2ccc3c(NCc4ccc(Cl)cc4)ncnc32)C[C@@H]1O)S(=O)(=O)O. The number of nitrogens with zero attached hydrogens (tertiary/aromatic N) is 4. The lowest BCUT2D eigenvalue weighted by atomic mass is 10.2. The first-order valence-corrected chi connectivity index (χ1v) is 11.2. The van der Waals surface area contributed by atoms with Crippen LogP contribution in [0.1, 0.15) is 24.4 Å². The van der Waals surface area contributed by atoms with Gasteiger partial charge in [-0.05, 0) is 36.6 Å². The third-order valence-electron chi connectivity index (χ3n) is 5.58. The molecular formula is C19H22ClN5O4S. The van der Waals surface area contributed by atoms with Crippen LogP contribution in [0, 0.1) is 0 Å². The molecule has 0 aliphatic heterocycles. The number of aliphatic hydroxyl groups is 1. The van der Waals surface area contributed by atoms with Crippen molar-refractivity contribution in [2.45, 2.75) is 37.6 Å². The van der Waals surface area contributed by atoms with Gasteiger partial charge in [-0.3, -0.25) is 4.55 Å². The highest BCUT2D eigenvalue weighted by Crippen LogP contribution is 2.36. The van der Waals surface area contributed by atoms with E-state index in [0.717, 1.165) is 15.3 Å². The second kappa shape index (κ2) is 8.12. The molecule has 3 aromatic rings. The van der Waals surface area contributed by atoms with Crippen LogP contribution >= 0.6 is 11.6 Å². The number of likely N-dealkylation sites (N-methyl/N-ethyl adjacent to an activating group) is 1. The van der Waals surface area contributed by atoms with Crippen LogP contribution in [0.4, 0.5) is 5.82 Å². The molecule has 1 saturated carbocycles. The van der Waals surface area contributed by atoms with Crippen molar-refractivity contribution >= 4 is 38.8 Å². The fraction of sp³-hybridized carbons (Fsp3) is 0.368. The summed E-state index contributed by atoms with van der Waals surface area (Å²) in [6.45, 7) is 0.567. The Kier molecular flexibility index (Phi) is 5.69. The van der Waals surface area contributed by atoms with Gasteiger partial charge in [-0.15, -0.1) is 0 Å². The Morgan fingerprint density at radius 3 is 2.67 bits per heavy atom. The number of fused-ring (bicyclic) bond motifs is 1. The van der Waals surface area contributed by atoms with Crippen molar-refractivity contribution in [3.8, 4) is 0 Å². The third kappa shape index (κ3) is 4.14. The number of halogens is 1. The van der Waals surface area contributed by atoms with E-state index in [1.807, 2.05) is 41.1 Å². The van der Waals surface area contributed by atoms with Crippen molar-refractivity contribution in [1.82, 2.24) is 18.8 Å². The van der Waals surface area contributed by atoms with E-state index in [-0.39, 0.29) is 6.04 Å². The van der Waals surface area contributed by atoms with Crippen LogP contribution in [0.2, 0.25) is 5.02 Å². The van der Waals surface area contributed by atoms with E-state index in [2.05, 4.69) is 15.3 Å². The van der Waals surface area contributed by atoms with Gasteiger partial charge in [0.05, 0.1) is 17.5 Å². The van der Waals surface area contributed by atoms with Gasteiger partial charge in [-0.25, -0.2) is 9.97 Å². The zero-order valence-corrected chi connectivity index (χ0v) is 17.8. The number of nitrogens with one attached hydrogen (secondary N) is 1. The summed E-state index contributed by atoms with van der Waals surface area (Å²) in [6.07, 6.45) is 3.16. The molecule has 0 radical (unpaired) electrons.